The molecule has 2 rings (SSSR count). The maximum absolute atomic E-state index is 12.7. The van der Waals surface area contributed by atoms with E-state index in [0.29, 0.717) is 26.4 Å². The number of carbonyl (C=O) groups excluding carboxylic acids is 2. The summed E-state index contributed by atoms with van der Waals surface area (Å²) in [4.78, 5) is 24.7. The smallest absolute Gasteiger partial charge is 0.331 e. The summed E-state index contributed by atoms with van der Waals surface area (Å²) in [7, 11) is 0. The number of carbonyl (C=O) groups is 2. The van der Waals surface area contributed by atoms with Crippen molar-refractivity contribution in [3.8, 4) is 0 Å². The van der Waals surface area contributed by atoms with Gasteiger partial charge in [-0.25, -0.2) is 4.79 Å². The molecule has 1 unspecified atom stereocenters. The first-order chi connectivity index (χ1) is 13.6. The van der Waals surface area contributed by atoms with Gasteiger partial charge in [0.15, 0.2) is 5.60 Å². The van der Waals surface area contributed by atoms with Gasteiger partial charge in [0.1, 0.15) is 5.76 Å². The van der Waals surface area contributed by atoms with Crippen LogP contribution < -0.4 is 0 Å². The van der Waals surface area contributed by atoms with Crippen LogP contribution in [0.25, 0.3) is 0 Å². The van der Waals surface area contributed by atoms with Gasteiger partial charge in [-0.2, -0.15) is 0 Å². The Labute approximate surface area is 185 Å². The molecule has 1 aliphatic heterocycles. The average molecular weight is 510 g/mol. The number of fused-ring (bicyclic) bond motifs is 1. The molecule has 1 N–H and O–H groups in total. The second-order valence-corrected chi connectivity index (χ2v) is 8.34. The Balaban J connectivity index is 2.42. The third kappa shape index (κ3) is 5.36. The number of esters is 1. The van der Waals surface area contributed by atoms with Crippen molar-refractivity contribution in [2.24, 2.45) is 5.92 Å². The first kappa shape index (κ1) is 23.3. The van der Waals surface area contributed by atoms with Crippen molar-refractivity contribution in [2.75, 3.05) is 6.61 Å². The molecular weight excluding hydrogens is 483 g/mol. The van der Waals surface area contributed by atoms with Crippen LogP contribution in [0.15, 0.2) is 68.3 Å². The maximum Gasteiger partial charge on any atom is 0.331 e. The molecule has 29 heavy (non-hydrogen) atoms. The zero-order chi connectivity index (χ0) is 21.8. The Morgan fingerprint density at radius 2 is 2.10 bits per heavy atom. The molecular formula is C23H27IO5. The predicted octanol–water partition coefficient (Wildman–Crippen LogP) is 4.85. The van der Waals surface area contributed by atoms with E-state index in [2.05, 4.69) is 19.9 Å². The van der Waals surface area contributed by atoms with E-state index in [-0.39, 0.29) is 12.2 Å². The van der Waals surface area contributed by atoms with Gasteiger partial charge in [0, 0.05) is 22.8 Å². The lowest BCUT2D eigenvalue weighted by Gasteiger charge is -2.33. The first-order valence-electron chi connectivity index (χ1n) is 9.63. The van der Waals surface area contributed by atoms with Crippen molar-refractivity contribution in [2.45, 2.75) is 46.6 Å². The van der Waals surface area contributed by atoms with Crippen molar-refractivity contribution in [1.29, 1.82) is 0 Å². The summed E-state index contributed by atoms with van der Waals surface area (Å²) >= 11 is 1.93. The highest BCUT2D eigenvalue weighted by Crippen LogP contribution is 2.43. The third-order valence-electron chi connectivity index (χ3n) is 4.83. The number of Topliss-reactive ketones (excluding diaryl/α,β-unsaturated/α-hetero) is 1. The molecule has 0 amide bonds. The van der Waals surface area contributed by atoms with E-state index in [1.54, 1.807) is 13.0 Å². The lowest BCUT2D eigenvalue weighted by atomic mass is 9.77. The summed E-state index contributed by atoms with van der Waals surface area (Å²) in [5.41, 5.74) is 0.568. The van der Waals surface area contributed by atoms with Crippen LogP contribution >= 0.6 is 22.6 Å². The van der Waals surface area contributed by atoms with Crippen molar-refractivity contribution in [3.63, 3.8) is 0 Å². The molecule has 0 spiro atoms. The van der Waals surface area contributed by atoms with Crippen molar-refractivity contribution < 1.29 is 24.2 Å². The van der Waals surface area contributed by atoms with E-state index < -0.39 is 17.4 Å². The number of rotatable bonds is 6. The Kier molecular flexibility index (Phi) is 7.82. The molecule has 0 aromatic heterocycles. The van der Waals surface area contributed by atoms with Crippen LogP contribution in [0, 0.1) is 5.92 Å². The molecule has 6 heteroatoms. The molecule has 2 aliphatic rings. The van der Waals surface area contributed by atoms with Crippen LogP contribution in [-0.4, -0.2) is 29.1 Å². The molecule has 0 fully saturated rings. The Morgan fingerprint density at radius 1 is 1.41 bits per heavy atom. The minimum absolute atomic E-state index is 0.170. The first-order valence-corrected chi connectivity index (χ1v) is 10.7. The van der Waals surface area contributed by atoms with Gasteiger partial charge in [-0.15, -0.1) is 0 Å². The van der Waals surface area contributed by atoms with E-state index in [1.807, 2.05) is 41.7 Å². The molecule has 2 atom stereocenters. The quantitative estimate of drug-likeness (QED) is 0.240. The topological polar surface area (TPSA) is 72.8 Å². The molecule has 1 aliphatic carbocycles. The Bertz CT molecular complexity index is 881. The second kappa shape index (κ2) is 9.71. The van der Waals surface area contributed by atoms with Gasteiger partial charge in [-0.3, -0.25) is 4.79 Å². The fourth-order valence-electron chi connectivity index (χ4n) is 3.00. The van der Waals surface area contributed by atoms with Crippen LogP contribution in [0.4, 0.5) is 0 Å². The van der Waals surface area contributed by atoms with Gasteiger partial charge in [-0.05, 0) is 61.4 Å². The highest BCUT2D eigenvalue weighted by molar-refractivity contribution is 14.1. The number of allylic oxidation sites excluding steroid dienone is 6. The molecule has 0 radical (unpaired) electrons. The van der Waals surface area contributed by atoms with Crippen LogP contribution in [0.3, 0.4) is 0 Å². The van der Waals surface area contributed by atoms with Gasteiger partial charge in [-0.1, -0.05) is 38.0 Å². The van der Waals surface area contributed by atoms with Crippen LogP contribution in [0.1, 0.15) is 41.0 Å². The standard InChI is InChI=1S/C23H27IO5/c1-6-14(3)10-15(4)8-9-16-11-17-18(13-29-16)19(12-20(25)28-7-2)23(5,27)22(26)21(17)24/h8-14,27H,6-7H2,1-5H3/b9-8+,15-10+,19-12+/t14-,23?/m0/s1. The second-order valence-electron chi connectivity index (χ2n) is 7.26. The van der Waals surface area contributed by atoms with E-state index in [1.165, 1.54) is 13.2 Å². The molecule has 156 valence electrons. The lowest BCUT2D eigenvalue weighted by molar-refractivity contribution is -0.137. The highest BCUT2D eigenvalue weighted by Gasteiger charge is 2.45. The zero-order valence-corrected chi connectivity index (χ0v) is 19.6. The molecule has 1 heterocycles. The van der Waals surface area contributed by atoms with Crippen molar-refractivity contribution >= 4 is 34.3 Å². The monoisotopic (exact) mass is 510 g/mol. The van der Waals surface area contributed by atoms with Gasteiger partial charge in [0.25, 0.3) is 0 Å². The van der Waals surface area contributed by atoms with Crippen molar-refractivity contribution in [1.82, 2.24) is 0 Å². The number of halogens is 1. The number of hydrogen-bond donors (Lipinski definition) is 1. The van der Waals surface area contributed by atoms with E-state index in [0.717, 1.165) is 18.1 Å². The fraction of sp³-hybridized carbons (Fsp3) is 0.391. The summed E-state index contributed by atoms with van der Waals surface area (Å²) < 4.78 is 11.0. The minimum atomic E-state index is -1.83. The van der Waals surface area contributed by atoms with E-state index >= 15 is 0 Å². The van der Waals surface area contributed by atoms with Crippen LogP contribution in [0.2, 0.25) is 0 Å². The SMILES string of the molecule is CCOC(=O)/C=C1\C2=COC(/C=C/C(C)=C/[C@@H](C)CC)=CC2=C(I)C(=O)C1(C)O. The number of ether oxygens (including phenoxy) is 2. The third-order valence-corrected chi connectivity index (χ3v) is 5.90. The molecule has 0 bridgehead atoms. The number of hydrogen-bond acceptors (Lipinski definition) is 5. The Hall–Kier alpha value is -1.93. The normalized spacial score (nSPS) is 24.9. The minimum Gasteiger partial charge on any atom is -0.464 e. The van der Waals surface area contributed by atoms with E-state index in [4.69, 9.17) is 9.47 Å². The number of aliphatic hydroxyl groups is 1. The van der Waals surface area contributed by atoms with E-state index in [9.17, 15) is 14.7 Å². The summed E-state index contributed by atoms with van der Waals surface area (Å²) in [6, 6.07) is 0. The van der Waals surface area contributed by atoms with Gasteiger partial charge >= 0.3 is 5.97 Å². The van der Waals surface area contributed by atoms with Crippen LogP contribution in [0.5, 0.6) is 0 Å². The molecule has 5 nitrogen and oxygen atoms in total. The fourth-order valence-corrected chi connectivity index (χ4v) is 3.97. The summed E-state index contributed by atoms with van der Waals surface area (Å²) in [5.74, 6) is -0.0205. The summed E-state index contributed by atoms with van der Waals surface area (Å²) in [6.07, 6.45) is 11.4. The summed E-state index contributed by atoms with van der Waals surface area (Å²) in [6.45, 7) is 9.59. The van der Waals surface area contributed by atoms with Crippen LogP contribution in [-0.2, 0) is 19.1 Å². The molecule has 0 saturated heterocycles. The molecule has 0 aromatic rings. The average Bonchev–Trinajstić information content (AvgIpc) is 2.68. The number of ketones is 1. The highest BCUT2D eigenvalue weighted by atomic mass is 127. The van der Waals surface area contributed by atoms with Gasteiger partial charge < -0.3 is 14.6 Å². The molecule has 0 saturated carbocycles. The lowest BCUT2D eigenvalue weighted by Crippen LogP contribution is -2.42. The van der Waals surface area contributed by atoms with Gasteiger partial charge in [0.2, 0.25) is 5.78 Å². The predicted molar refractivity (Wildman–Crippen MR) is 121 cm³/mol. The van der Waals surface area contributed by atoms with Crippen molar-refractivity contribution in [3.05, 3.63) is 68.3 Å². The zero-order valence-electron chi connectivity index (χ0n) is 17.4. The van der Waals surface area contributed by atoms with Gasteiger partial charge in [0.05, 0.1) is 16.4 Å². The maximum atomic E-state index is 12.7. The molecule has 0 aromatic carbocycles. The largest absolute Gasteiger partial charge is 0.464 e. The summed E-state index contributed by atoms with van der Waals surface area (Å²) in [5, 5.41) is 10.8. The Morgan fingerprint density at radius 3 is 2.72 bits per heavy atom.